The molecule has 2 N–H and O–H groups in total. The summed E-state index contributed by atoms with van der Waals surface area (Å²) in [6.07, 6.45) is 8.72. The Bertz CT molecular complexity index is 623. The minimum atomic E-state index is 0.746. The smallest absolute Gasteiger partial charge is 0.191 e. The lowest BCUT2D eigenvalue weighted by Gasteiger charge is -2.34. The fraction of sp³-hybridized carbons (Fsp3) is 0.727. The summed E-state index contributed by atoms with van der Waals surface area (Å²) in [6.45, 7) is 8.39. The van der Waals surface area contributed by atoms with Gasteiger partial charge in [-0.05, 0) is 37.8 Å². The summed E-state index contributed by atoms with van der Waals surface area (Å²) >= 11 is 0. The lowest BCUT2D eigenvalue weighted by atomic mass is 9.81. The van der Waals surface area contributed by atoms with Crippen molar-refractivity contribution in [2.24, 2.45) is 16.8 Å². The van der Waals surface area contributed by atoms with Crippen LogP contribution in [0.2, 0.25) is 0 Å². The molecule has 2 aliphatic rings. The third kappa shape index (κ3) is 6.09. The highest BCUT2D eigenvalue weighted by Crippen LogP contribution is 2.30. The number of hydrogen-bond acceptors (Lipinski definition) is 4. The van der Waals surface area contributed by atoms with Gasteiger partial charge in [0.25, 0.3) is 0 Å². The highest BCUT2D eigenvalue weighted by molar-refractivity contribution is 5.79. The van der Waals surface area contributed by atoms with Gasteiger partial charge in [-0.15, -0.1) is 0 Å². The predicted molar refractivity (Wildman–Crippen MR) is 118 cm³/mol. The fourth-order valence-corrected chi connectivity index (χ4v) is 4.49. The molecule has 2 heterocycles. The molecular weight excluding hydrogens is 348 g/mol. The van der Waals surface area contributed by atoms with Crippen molar-refractivity contribution in [3.05, 3.63) is 23.9 Å². The predicted octanol–water partition coefficient (Wildman–Crippen LogP) is 2.71. The van der Waals surface area contributed by atoms with Crippen molar-refractivity contribution < 1.29 is 0 Å². The van der Waals surface area contributed by atoms with Gasteiger partial charge in [-0.3, -0.25) is 4.99 Å². The molecule has 3 rings (SSSR count). The van der Waals surface area contributed by atoms with Gasteiger partial charge >= 0.3 is 0 Å². The Hall–Kier alpha value is -1.82. The normalized spacial score (nSPS) is 24.2. The quantitative estimate of drug-likeness (QED) is 0.582. The Balaban J connectivity index is 1.47. The van der Waals surface area contributed by atoms with Crippen LogP contribution in [0.4, 0.5) is 5.82 Å². The maximum Gasteiger partial charge on any atom is 0.191 e. The van der Waals surface area contributed by atoms with Crippen LogP contribution >= 0.6 is 0 Å². The molecule has 1 aromatic heterocycles. The number of pyridine rings is 1. The summed E-state index contributed by atoms with van der Waals surface area (Å²) in [5.74, 6) is 3.76. The van der Waals surface area contributed by atoms with Crippen LogP contribution in [0.25, 0.3) is 0 Å². The summed E-state index contributed by atoms with van der Waals surface area (Å²) in [5.41, 5.74) is 1.23. The van der Waals surface area contributed by atoms with E-state index in [0.717, 1.165) is 62.9 Å². The van der Waals surface area contributed by atoms with E-state index in [9.17, 15) is 0 Å². The number of nitrogens with zero attached hydrogens (tertiary/aromatic N) is 4. The van der Waals surface area contributed by atoms with Crippen molar-refractivity contribution in [2.45, 2.75) is 45.6 Å². The molecule has 0 bridgehead atoms. The molecule has 0 aromatic carbocycles. The number of rotatable bonds is 6. The third-order valence-electron chi connectivity index (χ3n) is 6.23. The van der Waals surface area contributed by atoms with Crippen LogP contribution in [0.1, 0.15) is 44.6 Å². The van der Waals surface area contributed by atoms with Gasteiger partial charge in [-0.25, -0.2) is 4.98 Å². The van der Waals surface area contributed by atoms with Gasteiger partial charge in [0.05, 0.1) is 0 Å². The first-order valence-electron chi connectivity index (χ1n) is 11.0. The van der Waals surface area contributed by atoms with Crippen molar-refractivity contribution in [3.63, 3.8) is 0 Å². The highest BCUT2D eigenvalue weighted by atomic mass is 15.3. The Morgan fingerprint density at radius 2 is 2.04 bits per heavy atom. The first-order valence-corrected chi connectivity index (χ1v) is 11.0. The molecule has 2 unspecified atom stereocenters. The molecular formula is C22H38N6. The number of aliphatic imine (C=N–C) groups is 1. The van der Waals surface area contributed by atoms with Crippen LogP contribution in [0.5, 0.6) is 0 Å². The van der Waals surface area contributed by atoms with Crippen molar-refractivity contribution in [3.8, 4) is 0 Å². The molecule has 1 saturated heterocycles. The SMILES string of the molecule is CN=C(NCCC1CCCC(C)C1)NCc1cccnc1N1CCN(C)CC1. The molecule has 0 spiro atoms. The van der Waals surface area contributed by atoms with E-state index in [4.69, 9.17) is 0 Å². The largest absolute Gasteiger partial charge is 0.356 e. The van der Waals surface area contributed by atoms with Crippen molar-refractivity contribution in [1.29, 1.82) is 0 Å². The molecule has 1 aliphatic carbocycles. The van der Waals surface area contributed by atoms with Crippen LogP contribution in [-0.2, 0) is 6.54 Å². The number of nitrogens with one attached hydrogen (secondary N) is 2. The lowest BCUT2D eigenvalue weighted by molar-refractivity contribution is 0.270. The van der Waals surface area contributed by atoms with E-state index in [1.807, 2.05) is 19.3 Å². The summed E-state index contributed by atoms with van der Waals surface area (Å²) in [5, 5.41) is 6.99. The van der Waals surface area contributed by atoms with Gasteiger partial charge in [0, 0.05) is 58.1 Å². The maximum absolute atomic E-state index is 4.67. The molecule has 156 valence electrons. The molecule has 0 amide bonds. The van der Waals surface area contributed by atoms with Crippen molar-refractivity contribution in [1.82, 2.24) is 20.5 Å². The topological polar surface area (TPSA) is 55.8 Å². The molecule has 6 nitrogen and oxygen atoms in total. The average molecular weight is 387 g/mol. The zero-order valence-corrected chi connectivity index (χ0v) is 18.0. The van der Waals surface area contributed by atoms with Crippen LogP contribution in [0.3, 0.4) is 0 Å². The van der Waals surface area contributed by atoms with E-state index < -0.39 is 0 Å². The standard InChI is InChI=1S/C22H38N6/c1-18-6-4-7-19(16-18)9-11-25-22(23-2)26-17-20-8-5-10-24-21(20)28-14-12-27(3)13-15-28/h5,8,10,18-19H,4,6-7,9,11-17H2,1-3H3,(H2,23,25,26). The number of guanidine groups is 1. The number of piperazine rings is 1. The first kappa shape index (κ1) is 20.9. The molecule has 0 radical (unpaired) electrons. The Labute approximate surface area is 170 Å². The third-order valence-corrected chi connectivity index (χ3v) is 6.23. The van der Waals surface area contributed by atoms with E-state index in [2.05, 4.69) is 50.4 Å². The van der Waals surface area contributed by atoms with E-state index in [0.29, 0.717) is 0 Å². The zero-order chi connectivity index (χ0) is 19.8. The van der Waals surface area contributed by atoms with Crippen LogP contribution in [0, 0.1) is 11.8 Å². The van der Waals surface area contributed by atoms with Gasteiger partial charge in [-0.1, -0.05) is 32.3 Å². The van der Waals surface area contributed by atoms with E-state index in [1.165, 1.54) is 37.7 Å². The average Bonchev–Trinajstić information content (AvgIpc) is 2.71. The number of anilines is 1. The lowest BCUT2D eigenvalue weighted by Crippen LogP contribution is -2.45. The number of hydrogen-bond donors (Lipinski definition) is 2. The summed E-state index contributed by atoms with van der Waals surface area (Å²) < 4.78 is 0. The summed E-state index contributed by atoms with van der Waals surface area (Å²) in [7, 11) is 4.03. The second-order valence-corrected chi connectivity index (χ2v) is 8.56. The second-order valence-electron chi connectivity index (χ2n) is 8.56. The van der Waals surface area contributed by atoms with Gasteiger partial charge in [0.15, 0.2) is 5.96 Å². The summed E-state index contributed by atoms with van der Waals surface area (Å²) in [4.78, 5) is 13.8. The van der Waals surface area contributed by atoms with Gasteiger partial charge in [0.1, 0.15) is 5.82 Å². The summed E-state index contributed by atoms with van der Waals surface area (Å²) in [6, 6.07) is 4.20. The van der Waals surface area contributed by atoms with Gasteiger partial charge < -0.3 is 20.4 Å². The van der Waals surface area contributed by atoms with E-state index in [1.54, 1.807) is 0 Å². The van der Waals surface area contributed by atoms with E-state index >= 15 is 0 Å². The Morgan fingerprint density at radius 3 is 2.79 bits per heavy atom. The molecule has 2 fully saturated rings. The molecule has 28 heavy (non-hydrogen) atoms. The monoisotopic (exact) mass is 386 g/mol. The van der Waals surface area contributed by atoms with Crippen molar-refractivity contribution in [2.75, 3.05) is 51.7 Å². The zero-order valence-electron chi connectivity index (χ0n) is 18.0. The number of likely N-dealkylation sites (N-methyl/N-ethyl adjacent to an activating group) is 1. The minimum absolute atomic E-state index is 0.746. The molecule has 1 aromatic rings. The van der Waals surface area contributed by atoms with Crippen LogP contribution in [0.15, 0.2) is 23.3 Å². The minimum Gasteiger partial charge on any atom is -0.356 e. The van der Waals surface area contributed by atoms with Crippen LogP contribution in [-0.4, -0.2) is 62.7 Å². The highest BCUT2D eigenvalue weighted by Gasteiger charge is 2.19. The maximum atomic E-state index is 4.67. The molecule has 6 heteroatoms. The number of aromatic nitrogens is 1. The molecule has 2 atom stereocenters. The molecule has 1 aliphatic heterocycles. The molecule has 1 saturated carbocycles. The first-order chi connectivity index (χ1) is 13.7. The fourth-order valence-electron chi connectivity index (χ4n) is 4.49. The van der Waals surface area contributed by atoms with Gasteiger partial charge in [0.2, 0.25) is 0 Å². The van der Waals surface area contributed by atoms with Crippen molar-refractivity contribution >= 4 is 11.8 Å². The van der Waals surface area contributed by atoms with E-state index in [-0.39, 0.29) is 0 Å². The van der Waals surface area contributed by atoms with Crippen LogP contribution < -0.4 is 15.5 Å². The Morgan fingerprint density at radius 1 is 1.21 bits per heavy atom. The van der Waals surface area contributed by atoms with Gasteiger partial charge in [-0.2, -0.15) is 0 Å². The second kappa shape index (κ2) is 10.6. The Kier molecular flexibility index (Phi) is 7.95.